The van der Waals surface area contributed by atoms with Crippen LogP contribution in [0, 0.1) is 5.82 Å². The average Bonchev–Trinajstić information content (AvgIpc) is 2.75. The van der Waals surface area contributed by atoms with Crippen LogP contribution in [0.4, 0.5) is 14.9 Å². The monoisotopic (exact) mass is 494 g/mol. The van der Waals surface area contributed by atoms with E-state index in [1.165, 1.54) is 37.4 Å². The van der Waals surface area contributed by atoms with Gasteiger partial charge in [0.25, 0.3) is 5.91 Å². The van der Waals surface area contributed by atoms with E-state index in [-0.39, 0.29) is 22.0 Å². The summed E-state index contributed by atoms with van der Waals surface area (Å²) in [5.41, 5.74) is -1.39. The van der Waals surface area contributed by atoms with E-state index in [1.807, 2.05) is 5.32 Å². The molecule has 0 fully saturated rings. The first-order chi connectivity index (χ1) is 15.9. The molecular formula is C23H24ClFN2O7. The van der Waals surface area contributed by atoms with E-state index in [0.717, 1.165) is 18.1 Å². The Bertz CT molecular complexity index is 1090. The molecule has 0 aliphatic heterocycles. The van der Waals surface area contributed by atoms with E-state index in [2.05, 4.69) is 0 Å². The van der Waals surface area contributed by atoms with E-state index >= 15 is 0 Å². The molecule has 1 N–H and O–H groups in total. The number of ether oxygens (including phenoxy) is 3. The lowest BCUT2D eigenvalue weighted by molar-refractivity contribution is -0.152. The molecule has 2 aromatic carbocycles. The molecule has 0 unspecified atom stereocenters. The van der Waals surface area contributed by atoms with Crippen molar-refractivity contribution in [1.82, 2.24) is 5.32 Å². The largest absolute Gasteiger partial charge is 0.496 e. The molecule has 34 heavy (non-hydrogen) atoms. The van der Waals surface area contributed by atoms with Crippen molar-refractivity contribution in [3.63, 3.8) is 0 Å². The Kier molecular flexibility index (Phi) is 8.58. The van der Waals surface area contributed by atoms with Crippen molar-refractivity contribution in [1.29, 1.82) is 0 Å². The van der Waals surface area contributed by atoms with Gasteiger partial charge in [-0.3, -0.25) is 19.8 Å². The Balaban J connectivity index is 2.45. The van der Waals surface area contributed by atoms with Crippen LogP contribution in [0.5, 0.6) is 5.75 Å². The third kappa shape index (κ3) is 6.67. The minimum atomic E-state index is -1.12. The van der Waals surface area contributed by atoms with Gasteiger partial charge in [-0.1, -0.05) is 17.7 Å². The van der Waals surface area contributed by atoms with Crippen LogP contribution in [0.15, 0.2) is 36.4 Å². The van der Waals surface area contributed by atoms with Gasteiger partial charge < -0.3 is 14.2 Å². The van der Waals surface area contributed by atoms with Gasteiger partial charge >= 0.3 is 18.0 Å². The highest BCUT2D eigenvalue weighted by Gasteiger charge is 2.28. The Hall–Kier alpha value is -3.66. The summed E-state index contributed by atoms with van der Waals surface area (Å²) in [7, 11) is 2.50. The highest BCUT2D eigenvalue weighted by Crippen LogP contribution is 2.27. The Labute approximate surface area is 200 Å². The summed E-state index contributed by atoms with van der Waals surface area (Å²) < 4.78 is 29.3. The highest BCUT2D eigenvalue weighted by atomic mass is 35.5. The van der Waals surface area contributed by atoms with Crippen LogP contribution < -0.4 is 15.0 Å². The van der Waals surface area contributed by atoms with Gasteiger partial charge in [0, 0.05) is 5.69 Å². The maximum Gasteiger partial charge on any atom is 0.341 e. The lowest BCUT2D eigenvalue weighted by Gasteiger charge is -2.26. The molecule has 0 spiro atoms. The van der Waals surface area contributed by atoms with Crippen molar-refractivity contribution >= 4 is 41.2 Å². The molecule has 0 atom stereocenters. The first kappa shape index (κ1) is 26.6. The second-order valence-corrected chi connectivity index (χ2v) is 8.31. The van der Waals surface area contributed by atoms with E-state index in [4.69, 9.17) is 25.8 Å². The zero-order valence-corrected chi connectivity index (χ0v) is 20.0. The molecule has 0 aromatic heterocycles. The SMILES string of the molecule is COC(=O)c1cc(N(CC(=O)OC(C)(C)C)C(=O)NC(=O)c2c(F)cccc2Cl)ccc1OC. The third-order valence-electron chi connectivity index (χ3n) is 4.26. The summed E-state index contributed by atoms with van der Waals surface area (Å²) >= 11 is 5.90. The second-order valence-electron chi connectivity index (χ2n) is 7.90. The van der Waals surface area contributed by atoms with Gasteiger partial charge in [0.05, 0.1) is 24.8 Å². The number of nitrogens with one attached hydrogen (secondary N) is 1. The minimum absolute atomic E-state index is 0.0343. The highest BCUT2D eigenvalue weighted by molar-refractivity contribution is 6.34. The first-order valence-electron chi connectivity index (χ1n) is 9.93. The van der Waals surface area contributed by atoms with Gasteiger partial charge in [-0.15, -0.1) is 0 Å². The van der Waals surface area contributed by atoms with Crippen molar-refractivity contribution in [3.05, 3.63) is 58.4 Å². The maximum atomic E-state index is 14.1. The van der Waals surface area contributed by atoms with Crippen molar-refractivity contribution in [2.75, 3.05) is 25.7 Å². The molecule has 0 saturated carbocycles. The summed E-state index contributed by atoms with van der Waals surface area (Å²) in [4.78, 5) is 51.1. The summed E-state index contributed by atoms with van der Waals surface area (Å²) in [6, 6.07) is 6.52. The molecule has 0 heterocycles. The number of halogens is 2. The zero-order valence-electron chi connectivity index (χ0n) is 19.2. The topological polar surface area (TPSA) is 111 Å². The number of hydrogen-bond acceptors (Lipinski definition) is 7. The van der Waals surface area contributed by atoms with Gasteiger partial charge in [-0.2, -0.15) is 0 Å². The fraction of sp³-hybridized carbons (Fsp3) is 0.304. The third-order valence-corrected chi connectivity index (χ3v) is 4.58. The van der Waals surface area contributed by atoms with E-state index < -0.39 is 47.4 Å². The summed E-state index contributed by atoms with van der Waals surface area (Å²) in [5.74, 6) is -3.46. The van der Waals surface area contributed by atoms with Gasteiger partial charge in [0.15, 0.2) is 0 Å². The maximum absolute atomic E-state index is 14.1. The average molecular weight is 495 g/mol. The van der Waals surface area contributed by atoms with Crippen LogP contribution in [0.3, 0.4) is 0 Å². The Morgan fingerprint density at radius 2 is 1.76 bits per heavy atom. The summed E-state index contributed by atoms with van der Waals surface area (Å²) in [6.45, 7) is 4.29. The van der Waals surface area contributed by atoms with Crippen molar-refractivity contribution in [3.8, 4) is 5.75 Å². The number of amides is 3. The fourth-order valence-electron chi connectivity index (χ4n) is 2.86. The second kappa shape index (κ2) is 11.0. The molecule has 3 amide bonds. The van der Waals surface area contributed by atoms with Crippen molar-refractivity contribution in [2.45, 2.75) is 26.4 Å². The molecule has 2 rings (SSSR count). The molecule has 0 radical (unpaired) electrons. The molecule has 9 nitrogen and oxygen atoms in total. The Morgan fingerprint density at radius 1 is 1.09 bits per heavy atom. The normalized spacial score (nSPS) is 10.8. The van der Waals surface area contributed by atoms with E-state index in [1.54, 1.807) is 20.8 Å². The lowest BCUT2D eigenvalue weighted by Crippen LogP contribution is -2.46. The zero-order chi connectivity index (χ0) is 25.6. The standard InChI is InChI=1S/C23H24ClFN2O7/c1-23(2,3)34-18(28)12-27(13-9-10-17(32-4)14(11-13)21(30)33-5)22(31)26-20(29)19-15(24)7-6-8-16(19)25/h6-11H,12H2,1-5H3,(H,26,29,31). The number of anilines is 1. The van der Waals surface area contributed by atoms with Crippen LogP contribution in [0.25, 0.3) is 0 Å². The number of esters is 2. The molecule has 11 heteroatoms. The molecule has 0 aliphatic rings. The van der Waals surface area contributed by atoms with Gasteiger partial charge in [0.2, 0.25) is 0 Å². The number of nitrogens with zero attached hydrogens (tertiary/aromatic N) is 1. The smallest absolute Gasteiger partial charge is 0.341 e. The van der Waals surface area contributed by atoms with E-state index in [0.29, 0.717) is 0 Å². The van der Waals surface area contributed by atoms with Crippen LogP contribution in [0.2, 0.25) is 5.02 Å². The van der Waals surface area contributed by atoms with Crippen LogP contribution in [0.1, 0.15) is 41.5 Å². The number of benzene rings is 2. The predicted molar refractivity (Wildman–Crippen MR) is 122 cm³/mol. The molecule has 0 aliphatic carbocycles. The van der Waals surface area contributed by atoms with Crippen LogP contribution in [-0.2, 0) is 14.3 Å². The number of imide groups is 1. The first-order valence-corrected chi connectivity index (χ1v) is 10.3. The van der Waals surface area contributed by atoms with Gasteiger partial charge in [-0.25, -0.2) is 14.0 Å². The minimum Gasteiger partial charge on any atom is -0.496 e. The summed E-state index contributed by atoms with van der Waals surface area (Å²) in [6.07, 6.45) is 0. The Morgan fingerprint density at radius 3 is 2.32 bits per heavy atom. The molecule has 0 bridgehead atoms. The number of urea groups is 1. The number of carbonyl (C=O) groups excluding carboxylic acids is 4. The predicted octanol–water partition coefficient (Wildman–Crippen LogP) is 3.97. The number of rotatable bonds is 6. The van der Waals surface area contributed by atoms with Crippen LogP contribution >= 0.6 is 11.6 Å². The van der Waals surface area contributed by atoms with E-state index in [9.17, 15) is 23.6 Å². The van der Waals surface area contributed by atoms with Crippen molar-refractivity contribution < 1.29 is 37.8 Å². The quantitative estimate of drug-likeness (QED) is 0.605. The molecule has 182 valence electrons. The van der Waals surface area contributed by atoms with Gasteiger partial charge in [-0.05, 0) is 51.1 Å². The van der Waals surface area contributed by atoms with Gasteiger partial charge in [0.1, 0.15) is 29.3 Å². The lowest BCUT2D eigenvalue weighted by atomic mass is 10.1. The number of carbonyl (C=O) groups is 4. The van der Waals surface area contributed by atoms with Crippen molar-refractivity contribution in [2.24, 2.45) is 0 Å². The number of methoxy groups -OCH3 is 2. The molecular weight excluding hydrogens is 471 g/mol. The van der Waals surface area contributed by atoms with Crippen LogP contribution in [-0.4, -0.2) is 50.2 Å². The number of hydrogen-bond donors (Lipinski definition) is 1. The molecule has 2 aromatic rings. The summed E-state index contributed by atoms with van der Waals surface area (Å²) in [5, 5.41) is 1.80. The molecule has 0 saturated heterocycles. The fourth-order valence-corrected chi connectivity index (χ4v) is 3.11.